The Balaban J connectivity index is 2.02. The van der Waals surface area contributed by atoms with E-state index in [2.05, 4.69) is 34.2 Å². The first kappa shape index (κ1) is 16.4. The SMILES string of the molecule is CN(C)CCN1CCN(CCCCC(=O)NN)CC1. The van der Waals surface area contributed by atoms with Crippen LogP contribution in [0.2, 0.25) is 0 Å². The van der Waals surface area contributed by atoms with Crippen LogP contribution in [0.1, 0.15) is 19.3 Å². The molecule has 0 aliphatic carbocycles. The van der Waals surface area contributed by atoms with Gasteiger partial charge in [-0.1, -0.05) is 0 Å². The van der Waals surface area contributed by atoms with Crippen LogP contribution in [-0.4, -0.2) is 80.5 Å². The van der Waals surface area contributed by atoms with Gasteiger partial charge in [0.1, 0.15) is 0 Å². The molecule has 3 N–H and O–H groups in total. The number of hydrogen-bond acceptors (Lipinski definition) is 5. The largest absolute Gasteiger partial charge is 0.308 e. The molecule has 1 aliphatic rings. The van der Waals surface area contributed by atoms with Gasteiger partial charge in [-0.25, -0.2) is 5.84 Å². The van der Waals surface area contributed by atoms with E-state index in [0.717, 1.165) is 58.7 Å². The zero-order valence-corrected chi connectivity index (χ0v) is 12.4. The zero-order chi connectivity index (χ0) is 14.1. The van der Waals surface area contributed by atoms with Gasteiger partial charge in [-0.2, -0.15) is 0 Å². The highest BCUT2D eigenvalue weighted by Gasteiger charge is 2.16. The van der Waals surface area contributed by atoms with E-state index in [4.69, 9.17) is 5.84 Å². The maximum absolute atomic E-state index is 11.0. The molecule has 1 fully saturated rings. The molecule has 0 spiro atoms. The Bertz CT molecular complexity index is 251. The van der Waals surface area contributed by atoms with Gasteiger partial charge in [0.25, 0.3) is 0 Å². The van der Waals surface area contributed by atoms with Crippen molar-refractivity contribution in [3.63, 3.8) is 0 Å². The normalized spacial score (nSPS) is 17.9. The summed E-state index contributed by atoms with van der Waals surface area (Å²) < 4.78 is 0. The van der Waals surface area contributed by atoms with Gasteiger partial charge < -0.3 is 9.80 Å². The van der Waals surface area contributed by atoms with Crippen LogP contribution >= 0.6 is 0 Å². The van der Waals surface area contributed by atoms with Gasteiger partial charge in [-0.15, -0.1) is 0 Å². The number of carbonyl (C=O) groups is 1. The summed E-state index contributed by atoms with van der Waals surface area (Å²) in [6, 6.07) is 0. The number of piperazine rings is 1. The Morgan fingerprint density at radius 2 is 1.68 bits per heavy atom. The van der Waals surface area contributed by atoms with E-state index < -0.39 is 0 Å². The average Bonchev–Trinajstić information content (AvgIpc) is 2.42. The zero-order valence-electron chi connectivity index (χ0n) is 12.4. The molecule has 0 radical (unpaired) electrons. The number of unbranched alkanes of at least 4 members (excludes halogenated alkanes) is 1. The Morgan fingerprint density at radius 3 is 2.21 bits per heavy atom. The number of hydrogen-bond donors (Lipinski definition) is 2. The molecule has 1 heterocycles. The fraction of sp³-hybridized carbons (Fsp3) is 0.923. The molecule has 0 saturated carbocycles. The summed E-state index contributed by atoms with van der Waals surface area (Å²) in [5.74, 6) is 4.98. The second-order valence-corrected chi connectivity index (χ2v) is 5.51. The van der Waals surface area contributed by atoms with E-state index in [-0.39, 0.29) is 5.91 Å². The molecule has 0 bridgehead atoms. The van der Waals surface area contributed by atoms with Crippen molar-refractivity contribution < 1.29 is 4.79 Å². The summed E-state index contributed by atoms with van der Waals surface area (Å²) >= 11 is 0. The lowest BCUT2D eigenvalue weighted by Crippen LogP contribution is -2.48. The van der Waals surface area contributed by atoms with Crippen LogP contribution in [0, 0.1) is 0 Å². The van der Waals surface area contributed by atoms with Crippen LogP contribution in [0.25, 0.3) is 0 Å². The number of rotatable bonds is 8. The van der Waals surface area contributed by atoms with Crippen LogP contribution in [0.4, 0.5) is 0 Å². The molecule has 1 aliphatic heterocycles. The number of likely N-dealkylation sites (N-methyl/N-ethyl adjacent to an activating group) is 1. The van der Waals surface area contributed by atoms with Crippen LogP contribution in [0.3, 0.4) is 0 Å². The molecular weight excluding hydrogens is 242 g/mol. The van der Waals surface area contributed by atoms with Gasteiger partial charge >= 0.3 is 0 Å². The number of amides is 1. The minimum atomic E-state index is -0.0616. The van der Waals surface area contributed by atoms with Crippen molar-refractivity contribution in [2.24, 2.45) is 5.84 Å². The van der Waals surface area contributed by atoms with Crippen molar-refractivity contribution >= 4 is 5.91 Å². The highest BCUT2D eigenvalue weighted by molar-refractivity contribution is 5.75. The number of nitrogens with zero attached hydrogens (tertiary/aromatic N) is 3. The first-order chi connectivity index (χ1) is 9.11. The molecule has 1 rings (SSSR count). The van der Waals surface area contributed by atoms with E-state index in [1.165, 1.54) is 0 Å². The lowest BCUT2D eigenvalue weighted by molar-refractivity contribution is -0.121. The quantitative estimate of drug-likeness (QED) is 0.265. The van der Waals surface area contributed by atoms with Gasteiger partial charge in [-0.05, 0) is 33.5 Å². The molecule has 6 nitrogen and oxygen atoms in total. The molecule has 1 amide bonds. The molecular formula is C13H29N5O. The topological polar surface area (TPSA) is 64.8 Å². The van der Waals surface area contributed by atoms with Gasteiger partial charge in [-0.3, -0.25) is 15.1 Å². The minimum Gasteiger partial charge on any atom is -0.308 e. The second kappa shape index (κ2) is 9.25. The van der Waals surface area contributed by atoms with Crippen LogP contribution in [0.15, 0.2) is 0 Å². The fourth-order valence-electron chi connectivity index (χ4n) is 2.27. The van der Waals surface area contributed by atoms with E-state index in [1.54, 1.807) is 0 Å². The smallest absolute Gasteiger partial charge is 0.233 e. The third kappa shape index (κ3) is 7.47. The highest BCUT2D eigenvalue weighted by Crippen LogP contribution is 2.04. The summed E-state index contributed by atoms with van der Waals surface area (Å²) in [6.45, 7) is 8.02. The Labute approximate surface area is 116 Å². The first-order valence-electron chi connectivity index (χ1n) is 7.20. The predicted octanol–water partition coefficient (Wildman–Crippen LogP) is -0.674. The van der Waals surface area contributed by atoms with E-state index in [9.17, 15) is 4.79 Å². The summed E-state index contributed by atoms with van der Waals surface area (Å²) in [5, 5.41) is 0. The molecule has 0 unspecified atom stereocenters. The maximum Gasteiger partial charge on any atom is 0.233 e. The molecule has 0 atom stereocenters. The monoisotopic (exact) mass is 271 g/mol. The molecule has 0 aromatic rings. The third-order valence-corrected chi connectivity index (χ3v) is 3.62. The minimum absolute atomic E-state index is 0.0616. The number of nitrogens with one attached hydrogen (secondary N) is 1. The molecule has 6 heteroatoms. The maximum atomic E-state index is 11.0. The molecule has 1 saturated heterocycles. The Morgan fingerprint density at radius 1 is 1.11 bits per heavy atom. The van der Waals surface area contributed by atoms with E-state index in [1.807, 2.05) is 0 Å². The van der Waals surface area contributed by atoms with Gasteiger partial charge in [0.15, 0.2) is 0 Å². The summed E-state index contributed by atoms with van der Waals surface area (Å²) in [7, 11) is 4.24. The van der Waals surface area contributed by atoms with Gasteiger partial charge in [0.2, 0.25) is 5.91 Å². The number of carbonyl (C=O) groups excluding carboxylic acids is 1. The Hall–Kier alpha value is -0.690. The van der Waals surface area contributed by atoms with Crippen molar-refractivity contribution in [1.82, 2.24) is 20.1 Å². The predicted molar refractivity (Wildman–Crippen MR) is 77.6 cm³/mol. The van der Waals surface area contributed by atoms with Crippen molar-refractivity contribution in [2.45, 2.75) is 19.3 Å². The van der Waals surface area contributed by atoms with Crippen LogP contribution < -0.4 is 11.3 Å². The fourth-order valence-corrected chi connectivity index (χ4v) is 2.27. The van der Waals surface area contributed by atoms with Crippen molar-refractivity contribution in [3.05, 3.63) is 0 Å². The van der Waals surface area contributed by atoms with Crippen molar-refractivity contribution in [3.8, 4) is 0 Å². The summed E-state index contributed by atoms with van der Waals surface area (Å²) in [5.41, 5.74) is 2.17. The molecule has 0 aromatic heterocycles. The van der Waals surface area contributed by atoms with Crippen molar-refractivity contribution in [1.29, 1.82) is 0 Å². The van der Waals surface area contributed by atoms with Crippen LogP contribution in [-0.2, 0) is 4.79 Å². The van der Waals surface area contributed by atoms with Crippen molar-refractivity contribution in [2.75, 3.05) is 59.9 Å². The third-order valence-electron chi connectivity index (χ3n) is 3.62. The standard InChI is InChI=1S/C13H29N5O/c1-16(2)7-8-18-11-9-17(10-12-18)6-4-3-5-13(19)15-14/h3-12,14H2,1-2H3,(H,15,19). The highest BCUT2D eigenvalue weighted by atomic mass is 16.2. The second-order valence-electron chi connectivity index (χ2n) is 5.51. The first-order valence-corrected chi connectivity index (χ1v) is 7.20. The van der Waals surface area contributed by atoms with Gasteiger partial charge in [0.05, 0.1) is 0 Å². The lowest BCUT2D eigenvalue weighted by atomic mass is 10.2. The molecule has 0 aromatic carbocycles. The Kier molecular flexibility index (Phi) is 7.97. The van der Waals surface area contributed by atoms with Gasteiger partial charge in [0, 0.05) is 45.7 Å². The number of hydrazine groups is 1. The van der Waals surface area contributed by atoms with E-state index in [0.29, 0.717) is 6.42 Å². The molecule has 112 valence electrons. The number of nitrogens with two attached hydrogens (primary N) is 1. The summed E-state index contributed by atoms with van der Waals surface area (Å²) in [4.78, 5) is 18.2. The lowest BCUT2D eigenvalue weighted by Gasteiger charge is -2.35. The average molecular weight is 271 g/mol. The van der Waals surface area contributed by atoms with Crippen LogP contribution in [0.5, 0.6) is 0 Å². The van der Waals surface area contributed by atoms with E-state index >= 15 is 0 Å². The summed E-state index contributed by atoms with van der Waals surface area (Å²) in [6.07, 6.45) is 2.54. The molecule has 19 heavy (non-hydrogen) atoms.